The van der Waals surface area contributed by atoms with E-state index in [1.54, 1.807) is 20.5 Å². The van der Waals surface area contributed by atoms with Gasteiger partial charge in [0.2, 0.25) is 0 Å². The lowest BCUT2D eigenvalue weighted by Crippen LogP contribution is -2.12. The summed E-state index contributed by atoms with van der Waals surface area (Å²) in [7, 11) is 3.42. The molecule has 4 heteroatoms. The van der Waals surface area contributed by atoms with Crippen molar-refractivity contribution in [1.29, 1.82) is 0 Å². The summed E-state index contributed by atoms with van der Waals surface area (Å²) in [5, 5.41) is 0. The predicted molar refractivity (Wildman–Crippen MR) is 109 cm³/mol. The molecule has 0 rings (SSSR count). The van der Waals surface area contributed by atoms with Gasteiger partial charge in [0.1, 0.15) is 0 Å². The van der Waals surface area contributed by atoms with Crippen LogP contribution < -0.4 is 0 Å². The molecule has 26 heavy (non-hydrogen) atoms. The van der Waals surface area contributed by atoms with Gasteiger partial charge in [-0.25, -0.2) is 0 Å². The van der Waals surface area contributed by atoms with E-state index >= 15 is 0 Å². The second-order valence-electron chi connectivity index (χ2n) is 6.93. The molecule has 0 bridgehead atoms. The highest BCUT2D eigenvalue weighted by molar-refractivity contribution is 4.72. The van der Waals surface area contributed by atoms with Crippen LogP contribution in [0.15, 0.2) is 12.3 Å². The summed E-state index contributed by atoms with van der Waals surface area (Å²) < 4.78 is 21.1. The molecule has 0 N–H and O–H groups in total. The first-order chi connectivity index (χ1) is 12.8. The van der Waals surface area contributed by atoms with Crippen LogP contribution in [0, 0.1) is 0 Å². The van der Waals surface area contributed by atoms with Gasteiger partial charge in [0.05, 0.1) is 12.9 Å². The molecule has 0 radical (unpaired) electrons. The van der Waals surface area contributed by atoms with Crippen molar-refractivity contribution in [3.8, 4) is 0 Å². The second kappa shape index (κ2) is 22.5. The van der Waals surface area contributed by atoms with E-state index in [-0.39, 0.29) is 6.29 Å². The highest BCUT2D eigenvalue weighted by atomic mass is 16.7. The third-order valence-corrected chi connectivity index (χ3v) is 4.57. The smallest absolute Gasteiger partial charge is 0.188 e. The number of rotatable bonds is 21. The monoisotopic (exact) mass is 372 g/mol. The Labute approximate surface area is 162 Å². The standard InChI is InChI=1S/C22H44O4/c1-4-5-16-19-25-21-26-20-17-14-12-10-8-6-7-9-11-13-15-18-22(23-2)24-3/h17,20,22H,4-16,18-19,21H2,1-3H3. The van der Waals surface area contributed by atoms with Crippen LogP contribution in [0.4, 0.5) is 0 Å². The normalized spacial score (nSPS) is 11.7. The van der Waals surface area contributed by atoms with Crippen LogP contribution in [0.5, 0.6) is 0 Å². The molecule has 0 aromatic carbocycles. The third kappa shape index (κ3) is 19.7. The molecule has 0 aliphatic heterocycles. The largest absolute Gasteiger partial charge is 0.475 e. The summed E-state index contributed by atoms with van der Waals surface area (Å²) >= 11 is 0. The van der Waals surface area contributed by atoms with E-state index in [4.69, 9.17) is 18.9 Å². The van der Waals surface area contributed by atoms with Crippen LogP contribution in [-0.4, -0.2) is 33.9 Å². The summed E-state index contributed by atoms with van der Waals surface area (Å²) in [4.78, 5) is 0. The zero-order valence-corrected chi connectivity index (χ0v) is 17.7. The van der Waals surface area contributed by atoms with Gasteiger partial charge in [0, 0.05) is 14.2 Å². The van der Waals surface area contributed by atoms with Crippen molar-refractivity contribution in [1.82, 2.24) is 0 Å². The number of hydrogen-bond donors (Lipinski definition) is 0. The Morgan fingerprint density at radius 2 is 1.35 bits per heavy atom. The van der Waals surface area contributed by atoms with Gasteiger partial charge in [-0.2, -0.15) is 0 Å². The molecular formula is C22H44O4. The van der Waals surface area contributed by atoms with E-state index in [0.29, 0.717) is 6.79 Å². The Balaban J connectivity index is 3.11. The molecule has 0 aromatic rings. The van der Waals surface area contributed by atoms with Crippen LogP contribution in [-0.2, 0) is 18.9 Å². The number of hydrogen-bond acceptors (Lipinski definition) is 4. The minimum absolute atomic E-state index is 0.0206. The lowest BCUT2D eigenvalue weighted by molar-refractivity contribution is -0.107. The quantitative estimate of drug-likeness (QED) is 0.129. The van der Waals surface area contributed by atoms with E-state index in [1.165, 1.54) is 70.6 Å². The van der Waals surface area contributed by atoms with Gasteiger partial charge in [0.25, 0.3) is 0 Å². The van der Waals surface area contributed by atoms with Crippen molar-refractivity contribution in [3.63, 3.8) is 0 Å². The maximum atomic E-state index is 5.38. The Morgan fingerprint density at radius 1 is 0.731 bits per heavy atom. The highest BCUT2D eigenvalue weighted by Crippen LogP contribution is 2.13. The zero-order valence-electron chi connectivity index (χ0n) is 17.7. The van der Waals surface area contributed by atoms with E-state index in [0.717, 1.165) is 25.9 Å². The molecule has 0 spiro atoms. The minimum Gasteiger partial charge on any atom is -0.475 e. The first kappa shape index (κ1) is 25.4. The number of methoxy groups -OCH3 is 2. The molecule has 0 fully saturated rings. The first-order valence-corrected chi connectivity index (χ1v) is 10.7. The summed E-state index contributed by atoms with van der Waals surface area (Å²) in [6, 6.07) is 0. The topological polar surface area (TPSA) is 36.9 Å². The molecule has 0 saturated carbocycles. The maximum Gasteiger partial charge on any atom is 0.188 e. The summed E-state index contributed by atoms with van der Waals surface area (Å²) in [5.74, 6) is 0. The average molecular weight is 373 g/mol. The molecule has 0 saturated heterocycles. The fourth-order valence-corrected chi connectivity index (χ4v) is 2.88. The van der Waals surface area contributed by atoms with Crippen LogP contribution in [0.25, 0.3) is 0 Å². The fourth-order valence-electron chi connectivity index (χ4n) is 2.88. The van der Waals surface area contributed by atoms with Crippen LogP contribution in [0.2, 0.25) is 0 Å². The van der Waals surface area contributed by atoms with Crippen molar-refractivity contribution >= 4 is 0 Å². The Morgan fingerprint density at radius 3 is 1.96 bits per heavy atom. The lowest BCUT2D eigenvalue weighted by atomic mass is 10.1. The van der Waals surface area contributed by atoms with Gasteiger partial charge in [0.15, 0.2) is 13.1 Å². The second-order valence-corrected chi connectivity index (χ2v) is 6.93. The Hall–Kier alpha value is -0.580. The molecule has 0 unspecified atom stereocenters. The zero-order chi connectivity index (χ0) is 19.1. The van der Waals surface area contributed by atoms with E-state index in [9.17, 15) is 0 Å². The van der Waals surface area contributed by atoms with Crippen molar-refractivity contribution < 1.29 is 18.9 Å². The van der Waals surface area contributed by atoms with Gasteiger partial charge in [-0.3, -0.25) is 0 Å². The molecule has 156 valence electrons. The molecule has 0 aromatic heterocycles. The third-order valence-electron chi connectivity index (χ3n) is 4.57. The lowest BCUT2D eigenvalue weighted by Gasteiger charge is -2.12. The van der Waals surface area contributed by atoms with Crippen molar-refractivity contribution in [2.45, 2.75) is 103 Å². The summed E-state index contributed by atoms with van der Waals surface area (Å²) in [6.07, 6.45) is 21.4. The van der Waals surface area contributed by atoms with Crippen molar-refractivity contribution in [3.05, 3.63) is 12.3 Å². The maximum absolute atomic E-state index is 5.38. The minimum atomic E-state index is -0.0206. The van der Waals surface area contributed by atoms with E-state index in [2.05, 4.69) is 13.0 Å². The predicted octanol–water partition coefficient (Wildman–Crippen LogP) is 6.59. The van der Waals surface area contributed by atoms with Crippen molar-refractivity contribution in [2.24, 2.45) is 0 Å². The molecule has 0 heterocycles. The van der Waals surface area contributed by atoms with Gasteiger partial charge < -0.3 is 18.9 Å². The summed E-state index contributed by atoms with van der Waals surface area (Å²) in [5.41, 5.74) is 0. The van der Waals surface area contributed by atoms with Crippen molar-refractivity contribution in [2.75, 3.05) is 27.6 Å². The highest BCUT2D eigenvalue weighted by Gasteiger charge is 2.03. The van der Waals surface area contributed by atoms with Gasteiger partial charge in [-0.15, -0.1) is 0 Å². The van der Waals surface area contributed by atoms with Gasteiger partial charge in [-0.1, -0.05) is 64.7 Å². The molecule has 0 aliphatic carbocycles. The Kier molecular flexibility index (Phi) is 22.0. The SMILES string of the molecule is CCCCCOCOC=CCCCCCCCCCCCC(OC)OC. The van der Waals surface area contributed by atoms with Crippen LogP contribution in [0.1, 0.15) is 96.8 Å². The van der Waals surface area contributed by atoms with E-state index < -0.39 is 0 Å². The van der Waals surface area contributed by atoms with E-state index in [1.807, 2.05) is 0 Å². The molecule has 4 nitrogen and oxygen atoms in total. The van der Waals surface area contributed by atoms with Crippen LogP contribution in [0.3, 0.4) is 0 Å². The van der Waals surface area contributed by atoms with Gasteiger partial charge in [-0.05, 0) is 38.2 Å². The molecule has 0 atom stereocenters. The fraction of sp³-hybridized carbons (Fsp3) is 0.909. The first-order valence-electron chi connectivity index (χ1n) is 10.7. The number of allylic oxidation sites excluding steroid dienone is 1. The average Bonchev–Trinajstić information content (AvgIpc) is 2.66. The van der Waals surface area contributed by atoms with Gasteiger partial charge >= 0.3 is 0 Å². The molecule has 0 aliphatic rings. The number of ether oxygens (including phenoxy) is 4. The van der Waals surface area contributed by atoms with Crippen LogP contribution >= 0.6 is 0 Å². The molecular weight excluding hydrogens is 328 g/mol. The number of unbranched alkanes of at least 4 members (excludes halogenated alkanes) is 11. The Bertz CT molecular complexity index is 277. The summed E-state index contributed by atoms with van der Waals surface area (Å²) in [6.45, 7) is 3.39. The molecule has 0 amide bonds.